The Hall–Kier alpha value is -1.69. The number of aryl methyl sites for hydroxylation is 2. The number of hydrogen-bond acceptors (Lipinski definition) is 4. The molecule has 0 spiro atoms. The van der Waals surface area contributed by atoms with Gasteiger partial charge in [-0.05, 0) is 50.1 Å². The summed E-state index contributed by atoms with van der Waals surface area (Å²) in [6, 6.07) is 14.6. The highest BCUT2D eigenvalue weighted by Crippen LogP contribution is 2.37. The van der Waals surface area contributed by atoms with E-state index in [1.165, 1.54) is 0 Å². The van der Waals surface area contributed by atoms with Crippen molar-refractivity contribution >= 4 is 10.1 Å². The molecule has 3 rings (SSSR count). The van der Waals surface area contributed by atoms with Gasteiger partial charge in [-0.25, -0.2) is 0 Å². The van der Waals surface area contributed by atoms with Crippen LogP contribution in [0.25, 0.3) is 0 Å². The van der Waals surface area contributed by atoms with Gasteiger partial charge in [0.1, 0.15) is 5.60 Å². The van der Waals surface area contributed by atoms with Gasteiger partial charge < -0.3 is 5.32 Å². The van der Waals surface area contributed by atoms with Gasteiger partial charge in [0.2, 0.25) is 0 Å². The van der Waals surface area contributed by atoms with E-state index in [-0.39, 0.29) is 4.90 Å². The second-order valence-electron chi connectivity index (χ2n) is 6.09. The van der Waals surface area contributed by atoms with E-state index in [9.17, 15) is 8.42 Å². The van der Waals surface area contributed by atoms with Crippen LogP contribution >= 0.6 is 0 Å². The van der Waals surface area contributed by atoms with Crippen molar-refractivity contribution in [2.75, 3.05) is 13.1 Å². The molecule has 122 valence electrons. The van der Waals surface area contributed by atoms with Crippen LogP contribution < -0.4 is 5.32 Å². The predicted molar refractivity (Wildman–Crippen MR) is 89.8 cm³/mol. The molecule has 0 amide bonds. The molecular weight excluding hydrogens is 310 g/mol. The summed E-state index contributed by atoms with van der Waals surface area (Å²) in [5.41, 5.74) is 2.14. The lowest BCUT2D eigenvalue weighted by Crippen LogP contribution is -2.35. The summed E-state index contributed by atoms with van der Waals surface area (Å²) in [4.78, 5) is 0.197. The molecule has 1 saturated heterocycles. The van der Waals surface area contributed by atoms with E-state index < -0.39 is 15.7 Å². The van der Waals surface area contributed by atoms with E-state index in [0.717, 1.165) is 23.2 Å². The minimum absolute atomic E-state index is 0.197. The summed E-state index contributed by atoms with van der Waals surface area (Å²) in [6.07, 6.45) is 0.628. The molecule has 2 aromatic rings. The van der Waals surface area contributed by atoms with Crippen molar-refractivity contribution in [2.45, 2.75) is 30.8 Å². The van der Waals surface area contributed by atoms with E-state index in [0.29, 0.717) is 13.0 Å². The second-order valence-corrected chi connectivity index (χ2v) is 7.63. The average Bonchev–Trinajstić information content (AvgIpc) is 2.97. The molecule has 1 atom stereocenters. The van der Waals surface area contributed by atoms with Crippen molar-refractivity contribution in [1.82, 2.24) is 5.32 Å². The fourth-order valence-corrected chi connectivity index (χ4v) is 4.28. The number of benzene rings is 2. The molecular formula is C18H21NO3S. The fraction of sp³-hybridized carbons (Fsp3) is 0.333. The van der Waals surface area contributed by atoms with Gasteiger partial charge in [0.15, 0.2) is 0 Å². The minimum atomic E-state index is -3.82. The van der Waals surface area contributed by atoms with Crippen molar-refractivity contribution in [3.05, 3.63) is 65.2 Å². The third-order valence-corrected chi connectivity index (χ3v) is 5.72. The maximum absolute atomic E-state index is 12.7. The Bertz CT molecular complexity index is 791. The molecule has 1 aliphatic heterocycles. The summed E-state index contributed by atoms with van der Waals surface area (Å²) in [6.45, 7) is 5.13. The molecule has 4 nitrogen and oxygen atoms in total. The maximum atomic E-state index is 12.7. The first kappa shape index (κ1) is 16.2. The Morgan fingerprint density at radius 1 is 1.04 bits per heavy atom. The summed E-state index contributed by atoms with van der Waals surface area (Å²) in [5.74, 6) is 0. The summed E-state index contributed by atoms with van der Waals surface area (Å²) >= 11 is 0. The predicted octanol–water partition coefficient (Wildman–Crippen LogP) is 2.90. The van der Waals surface area contributed by atoms with E-state index >= 15 is 0 Å². The van der Waals surface area contributed by atoms with E-state index in [1.807, 2.05) is 38.1 Å². The van der Waals surface area contributed by atoms with Gasteiger partial charge in [0.05, 0.1) is 4.90 Å². The Kier molecular flexibility index (Phi) is 4.27. The third kappa shape index (κ3) is 3.17. The highest BCUT2D eigenvalue weighted by molar-refractivity contribution is 7.86. The molecule has 1 fully saturated rings. The molecule has 0 unspecified atom stereocenters. The number of hydrogen-bond donors (Lipinski definition) is 1. The van der Waals surface area contributed by atoms with Crippen molar-refractivity contribution in [2.24, 2.45) is 0 Å². The topological polar surface area (TPSA) is 55.4 Å². The zero-order valence-electron chi connectivity index (χ0n) is 13.4. The Morgan fingerprint density at radius 2 is 1.74 bits per heavy atom. The Balaban J connectivity index is 2.00. The molecule has 5 heteroatoms. The molecule has 0 bridgehead atoms. The number of nitrogens with one attached hydrogen (secondary N) is 1. The zero-order chi connectivity index (χ0) is 16.5. The van der Waals surface area contributed by atoms with Gasteiger partial charge in [-0.2, -0.15) is 8.42 Å². The van der Waals surface area contributed by atoms with Crippen LogP contribution in [-0.2, 0) is 19.9 Å². The first-order valence-electron chi connectivity index (χ1n) is 7.72. The molecule has 0 aromatic heterocycles. The van der Waals surface area contributed by atoms with Crippen molar-refractivity contribution in [1.29, 1.82) is 0 Å². The molecule has 1 aliphatic rings. The van der Waals surface area contributed by atoms with E-state index in [4.69, 9.17) is 4.18 Å². The Morgan fingerprint density at radius 3 is 2.35 bits per heavy atom. The average molecular weight is 331 g/mol. The van der Waals surface area contributed by atoms with Gasteiger partial charge >= 0.3 is 0 Å². The second kappa shape index (κ2) is 6.07. The summed E-state index contributed by atoms with van der Waals surface area (Å²) in [7, 11) is -3.82. The Labute approximate surface area is 137 Å². The van der Waals surface area contributed by atoms with Crippen LogP contribution in [0.5, 0.6) is 0 Å². The fourth-order valence-electron chi connectivity index (χ4n) is 3.06. The lowest BCUT2D eigenvalue weighted by Gasteiger charge is -2.29. The van der Waals surface area contributed by atoms with Crippen LogP contribution in [0.1, 0.15) is 23.1 Å². The quantitative estimate of drug-likeness (QED) is 0.875. The van der Waals surface area contributed by atoms with Crippen molar-refractivity contribution in [3.63, 3.8) is 0 Å². The van der Waals surface area contributed by atoms with Gasteiger partial charge in [-0.3, -0.25) is 4.18 Å². The molecule has 0 saturated carbocycles. The maximum Gasteiger partial charge on any atom is 0.297 e. The standard InChI is InChI=1S/C18H21NO3S/c1-14-7-9-16(10-8-14)23(20,21)22-18(11-12-19-13-18)17-6-4-3-5-15(17)2/h3-10,19H,11-13H2,1-2H3/t18-/m1/s1. The third-order valence-electron chi connectivity index (χ3n) is 4.33. The molecule has 0 aliphatic carbocycles. The van der Waals surface area contributed by atoms with Crippen molar-refractivity contribution < 1.29 is 12.6 Å². The monoisotopic (exact) mass is 331 g/mol. The van der Waals surface area contributed by atoms with Gasteiger partial charge in [-0.15, -0.1) is 0 Å². The summed E-state index contributed by atoms with van der Waals surface area (Å²) < 4.78 is 31.3. The summed E-state index contributed by atoms with van der Waals surface area (Å²) in [5, 5.41) is 3.23. The van der Waals surface area contributed by atoms with E-state index in [2.05, 4.69) is 5.32 Å². The normalized spacial score (nSPS) is 21.5. The smallest absolute Gasteiger partial charge is 0.297 e. The molecule has 2 aromatic carbocycles. The SMILES string of the molecule is Cc1ccc(S(=O)(=O)O[C@]2(c3ccccc3C)CCNC2)cc1. The van der Waals surface area contributed by atoms with Gasteiger partial charge in [0.25, 0.3) is 10.1 Å². The first-order valence-corrected chi connectivity index (χ1v) is 9.13. The molecule has 0 radical (unpaired) electrons. The van der Waals surface area contributed by atoms with Crippen LogP contribution in [0, 0.1) is 13.8 Å². The first-order chi connectivity index (χ1) is 10.9. The van der Waals surface area contributed by atoms with Gasteiger partial charge in [-0.1, -0.05) is 42.0 Å². The lowest BCUT2D eigenvalue weighted by molar-refractivity contribution is 0.0961. The van der Waals surface area contributed by atoms with Crippen LogP contribution in [0.2, 0.25) is 0 Å². The molecule has 23 heavy (non-hydrogen) atoms. The highest BCUT2D eigenvalue weighted by Gasteiger charge is 2.42. The van der Waals surface area contributed by atoms with Gasteiger partial charge in [0, 0.05) is 6.54 Å². The largest absolute Gasteiger partial charge is 0.313 e. The van der Waals surface area contributed by atoms with Crippen LogP contribution in [0.15, 0.2) is 53.4 Å². The minimum Gasteiger partial charge on any atom is -0.313 e. The van der Waals surface area contributed by atoms with Crippen LogP contribution in [0.3, 0.4) is 0 Å². The highest BCUT2D eigenvalue weighted by atomic mass is 32.2. The number of rotatable bonds is 4. The van der Waals surface area contributed by atoms with Crippen LogP contribution in [-0.4, -0.2) is 21.5 Å². The lowest BCUT2D eigenvalue weighted by atomic mass is 9.90. The molecule has 1 heterocycles. The molecule has 1 N–H and O–H groups in total. The van der Waals surface area contributed by atoms with Crippen LogP contribution in [0.4, 0.5) is 0 Å². The van der Waals surface area contributed by atoms with E-state index in [1.54, 1.807) is 24.3 Å². The van der Waals surface area contributed by atoms with Crippen molar-refractivity contribution in [3.8, 4) is 0 Å². The zero-order valence-corrected chi connectivity index (χ0v) is 14.2.